The minimum Gasteiger partial charge on any atom is -0.481 e. The summed E-state index contributed by atoms with van der Waals surface area (Å²) in [4.78, 5) is 79.8. The normalized spacial score (nSPS) is 11.9. The van der Waals surface area contributed by atoms with Crippen molar-refractivity contribution in [2.24, 2.45) is 0 Å². The largest absolute Gasteiger partial charge is 0.481 e. The highest BCUT2D eigenvalue weighted by Gasteiger charge is 2.27. The molecule has 0 saturated carbocycles. The highest BCUT2D eigenvalue weighted by Crippen LogP contribution is 2.43. The average molecular weight is 1240 g/mol. The second-order valence-corrected chi connectivity index (χ2v) is 22.0. The number of aryl methyl sites for hydroxylation is 6. The van der Waals surface area contributed by atoms with Crippen molar-refractivity contribution in [1.82, 2.24) is 0 Å². The number of hydrogen-bond donors (Lipinski definition) is 0. The predicted octanol–water partition coefficient (Wildman–Crippen LogP) is 11.0. The van der Waals surface area contributed by atoms with Crippen LogP contribution in [0.4, 0.5) is 0 Å². The summed E-state index contributed by atoms with van der Waals surface area (Å²) in [7, 11) is 0. The number of esters is 6. The van der Waals surface area contributed by atoms with Crippen molar-refractivity contribution >= 4 is 35.8 Å². The molecular weight excluding hydrogens is 1150 g/mol. The fourth-order valence-electron chi connectivity index (χ4n) is 11.4. The van der Waals surface area contributed by atoms with E-state index in [0.29, 0.717) is 101 Å². The highest BCUT2D eigenvalue weighted by atomic mass is 16.6. The minimum atomic E-state index is -0.582. The van der Waals surface area contributed by atoms with Crippen LogP contribution in [0.15, 0.2) is 72.8 Å². The Morgan fingerprint density at radius 1 is 0.267 bits per heavy atom. The van der Waals surface area contributed by atoms with Crippen LogP contribution >= 0.6 is 0 Å². The number of fused-ring (bicyclic) bond motifs is 12. The molecule has 6 aromatic rings. The fourth-order valence-corrected chi connectivity index (χ4v) is 11.4. The van der Waals surface area contributed by atoms with Crippen LogP contribution in [0, 0.1) is 41.5 Å². The molecule has 0 aromatic heterocycles. The summed E-state index contributed by atoms with van der Waals surface area (Å²) in [5, 5.41) is 0. The van der Waals surface area contributed by atoms with Gasteiger partial charge in [0.1, 0.15) is 34.5 Å². The van der Waals surface area contributed by atoms with Gasteiger partial charge in [0, 0.05) is 44.1 Å². The van der Waals surface area contributed by atoms with Crippen LogP contribution in [-0.4, -0.2) is 115 Å². The second kappa shape index (κ2) is 33.0. The first-order chi connectivity index (χ1) is 43.2. The molecule has 480 valence electrons. The van der Waals surface area contributed by atoms with Crippen molar-refractivity contribution < 1.29 is 85.6 Å². The smallest absolute Gasteiger partial charge is 0.344 e. The Balaban J connectivity index is 1.60. The Morgan fingerprint density at radius 3 is 0.667 bits per heavy atom. The van der Waals surface area contributed by atoms with Gasteiger partial charge in [-0.15, -0.1) is 0 Å². The lowest BCUT2D eigenvalue weighted by atomic mass is 9.88. The minimum absolute atomic E-state index is 0.130. The molecule has 0 unspecified atom stereocenters. The van der Waals surface area contributed by atoms with E-state index in [1.165, 1.54) is 0 Å². The van der Waals surface area contributed by atoms with Crippen LogP contribution in [-0.2, 0) is 95.7 Å². The lowest BCUT2D eigenvalue weighted by Crippen LogP contribution is -2.19. The SMILES string of the molecule is CCOC(=O)COc1c2cc(C)cc1Cc1cc(C)cc(c1OCC(=O)OCC)Cc1cc(C)cc(c1OCC(=O)OCC)Cc1c(C)ccc(c1OCC(=O)OCC)Cc1cc(C)cc(c1OCC(=O)OCC)Cc1cc(C)cc(c1OCC(=O)OCC)C2. The van der Waals surface area contributed by atoms with Gasteiger partial charge < -0.3 is 56.8 Å². The van der Waals surface area contributed by atoms with E-state index in [0.717, 1.165) is 33.4 Å². The Labute approximate surface area is 527 Å². The summed E-state index contributed by atoms with van der Waals surface area (Å²) in [5.41, 5.74) is 13.2. The highest BCUT2D eigenvalue weighted by molar-refractivity contribution is 5.74. The Bertz CT molecular complexity index is 3580. The molecule has 0 radical (unpaired) electrons. The molecule has 12 bridgehead atoms. The van der Waals surface area contributed by atoms with Crippen molar-refractivity contribution in [1.29, 1.82) is 0 Å². The van der Waals surface area contributed by atoms with Crippen LogP contribution in [0.3, 0.4) is 0 Å². The van der Waals surface area contributed by atoms with Crippen molar-refractivity contribution in [3.63, 3.8) is 0 Å². The van der Waals surface area contributed by atoms with Gasteiger partial charge in [0.05, 0.1) is 39.6 Å². The fraction of sp³-hybridized carbons (Fsp3) is 0.417. The number of ether oxygens (including phenoxy) is 12. The van der Waals surface area contributed by atoms with E-state index in [1.807, 2.05) is 114 Å². The molecule has 1 aliphatic rings. The van der Waals surface area contributed by atoms with Crippen LogP contribution < -0.4 is 28.4 Å². The van der Waals surface area contributed by atoms with Crippen LogP contribution in [0.5, 0.6) is 34.5 Å². The molecule has 18 heteroatoms. The van der Waals surface area contributed by atoms with Gasteiger partial charge in [-0.3, -0.25) is 0 Å². The lowest BCUT2D eigenvalue weighted by molar-refractivity contribution is -0.146. The van der Waals surface area contributed by atoms with E-state index < -0.39 is 75.5 Å². The number of carbonyl (C=O) groups is 6. The van der Waals surface area contributed by atoms with E-state index in [-0.39, 0.29) is 78.2 Å². The second-order valence-electron chi connectivity index (χ2n) is 22.0. The molecule has 0 atom stereocenters. The summed E-state index contributed by atoms with van der Waals surface area (Å²) in [6.45, 7) is 20.3. The monoisotopic (exact) mass is 1240 g/mol. The van der Waals surface area contributed by atoms with Crippen LogP contribution in [0.25, 0.3) is 0 Å². The lowest BCUT2D eigenvalue weighted by Gasteiger charge is -2.24. The first-order valence-corrected chi connectivity index (χ1v) is 30.7. The zero-order valence-electron chi connectivity index (χ0n) is 54.0. The van der Waals surface area contributed by atoms with E-state index in [2.05, 4.69) is 0 Å². The van der Waals surface area contributed by atoms with Gasteiger partial charge in [-0.2, -0.15) is 0 Å². The Morgan fingerprint density at radius 2 is 0.456 bits per heavy atom. The Hall–Kier alpha value is -9.06. The summed E-state index contributed by atoms with van der Waals surface area (Å²) in [6, 6.07) is 23.7. The predicted molar refractivity (Wildman–Crippen MR) is 337 cm³/mol. The van der Waals surface area contributed by atoms with Crippen LogP contribution in [0.2, 0.25) is 0 Å². The molecule has 0 fully saturated rings. The van der Waals surface area contributed by atoms with Crippen molar-refractivity contribution in [2.45, 2.75) is 122 Å². The van der Waals surface area contributed by atoms with Crippen molar-refractivity contribution in [3.05, 3.63) is 173 Å². The maximum Gasteiger partial charge on any atom is 0.344 e. The molecule has 90 heavy (non-hydrogen) atoms. The summed E-state index contributed by atoms with van der Waals surface area (Å²) in [6.07, 6.45) is 1.03. The van der Waals surface area contributed by atoms with E-state index in [4.69, 9.17) is 56.8 Å². The van der Waals surface area contributed by atoms with Gasteiger partial charge in [0.15, 0.2) is 39.6 Å². The quantitative estimate of drug-likeness (QED) is 0.0406. The molecule has 0 aliphatic heterocycles. The van der Waals surface area contributed by atoms with Crippen molar-refractivity contribution in [3.8, 4) is 34.5 Å². The maximum atomic E-state index is 13.3. The molecule has 0 heterocycles. The van der Waals surface area contributed by atoms with Gasteiger partial charge in [0.2, 0.25) is 0 Å². The molecular formula is C72H84O18. The van der Waals surface area contributed by atoms with E-state index in [1.54, 1.807) is 41.5 Å². The van der Waals surface area contributed by atoms with Crippen LogP contribution in [0.1, 0.15) is 142 Å². The molecule has 18 nitrogen and oxygen atoms in total. The third-order valence-electron chi connectivity index (χ3n) is 14.6. The topological polar surface area (TPSA) is 213 Å². The number of benzene rings is 6. The third kappa shape index (κ3) is 18.7. The first-order valence-electron chi connectivity index (χ1n) is 30.7. The van der Waals surface area contributed by atoms with Gasteiger partial charge in [-0.25, -0.2) is 28.8 Å². The third-order valence-corrected chi connectivity index (χ3v) is 14.6. The zero-order chi connectivity index (χ0) is 65.0. The summed E-state index contributed by atoms with van der Waals surface area (Å²) < 4.78 is 72.1. The van der Waals surface area contributed by atoms with Crippen molar-refractivity contribution in [2.75, 3.05) is 79.3 Å². The zero-order valence-corrected chi connectivity index (χ0v) is 54.0. The number of hydrogen-bond acceptors (Lipinski definition) is 18. The molecule has 0 amide bonds. The average Bonchev–Trinajstić information content (AvgIpc) is 0.847. The number of carbonyl (C=O) groups excluding carboxylic acids is 6. The molecule has 0 N–H and O–H groups in total. The molecule has 7 rings (SSSR count). The molecule has 1 aliphatic carbocycles. The van der Waals surface area contributed by atoms with Gasteiger partial charge in [-0.05, 0) is 150 Å². The standard InChI is InChI=1S/C72H84O18/c1-13-79-61(73)37-85-67-50-21-43(7)22-51(67)32-52-23-44(8)24-53(68(52)86-38-62(74)80-14-2)33-54-25-45(9)26-55(69(54)87-39-63(75)81-15-3)34-56-27-46(10)28-57(70(56)88-40-64(76)82-16-4)35-58-29-47(11)30-59(71(58)89-41-65(77)83-17-5)36-60-48(12)19-20-49(31-50)72(60)90-42-66(78)84-18-6/h19-30H,13-18,31-42H2,1-12H3. The maximum absolute atomic E-state index is 13.3. The molecule has 0 saturated heterocycles. The summed E-state index contributed by atoms with van der Waals surface area (Å²) >= 11 is 0. The molecule has 0 spiro atoms. The summed E-state index contributed by atoms with van der Waals surface area (Å²) in [5.74, 6) is -1.13. The first kappa shape index (κ1) is 68.4. The van der Waals surface area contributed by atoms with Gasteiger partial charge >= 0.3 is 35.8 Å². The van der Waals surface area contributed by atoms with Gasteiger partial charge in [0.25, 0.3) is 0 Å². The molecule has 6 aromatic carbocycles. The van der Waals surface area contributed by atoms with E-state index >= 15 is 0 Å². The van der Waals surface area contributed by atoms with Gasteiger partial charge in [-0.1, -0.05) is 101 Å². The van der Waals surface area contributed by atoms with E-state index in [9.17, 15) is 28.8 Å². The Kier molecular flexibility index (Phi) is 25.1. The number of rotatable bonds is 24.